The fourth-order valence-corrected chi connectivity index (χ4v) is 2.94. The molecule has 0 fully saturated rings. The van der Waals surface area contributed by atoms with E-state index in [9.17, 15) is 9.59 Å². The number of hydrogen-bond donors (Lipinski definition) is 2. The molecule has 0 unspecified atom stereocenters. The van der Waals surface area contributed by atoms with Crippen LogP contribution in [0, 0.1) is 6.92 Å². The minimum atomic E-state index is -0.386. The van der Waals surface area contributed by atoms with E-state index in [0.29, 0.717) is 17.1 Å². The number of para-hydroxylation sites is 1. The van der Waals surface area contributed by atoms with E-state index in [0.717, 1.165) is 15.6 Å². The van der Waals surface area contributed by atoms with Crippen LogP contribution in [0.4, 0.5) is 5.69 Å². The Kier molecular flexibility index (Phi) is 8.39. The highest BCUT2D eigenvalue weighted by Gasteiger charge is 2.12. The van der Waals surface area contributed by atoms with E-state index in [1.165, 1.54) is 0 Å². The Balaban J connectivity index is 1.86. The van der Waals surface area contributed by atoms with E-state index in [2.05, 4.69) is 45.6 Å². The number of anilines is 1. The van der Waals surface area contributed by atoms with Crippen LogP contribution >= 0.6 is 15.9 Å². The molecule has 0 aliphatic rings. The van der Waals surface area contributed by atoms with Crippen molar-refractivity contribution in [2.75, 3.05) is 11.9 Å². The third kappa shape index (κ3) is 7.34. The Labute approximate surface area is 179 Å². The molecule has 29 heavy (non-hydrogen) atoms. The minimum absolute atomic E-state index is 0.0828. The van der Waals surface area contributed by atoms with Gasteiger partial charge in [-0.15, -0.1) is 0 Å². The van der Waals surface area contributed by atoms with E-state index >= 15 is 0 Å². The van der Waals surface area contributed by atoms with Gasteiger partial charge >= 0.3 is 0 Å². The van der Waals surface area contributed by atoms with E-state index in [4.69, 9.17) is 4.74 Å². The summed E-state index contributed by atoms with van der Waals surface area (Å²) >= 11 is 3.52. The van der Waals surface area contributed by atoms with Crippen LogP contribution in [0.2, 0.25) is 0 Å². The predicted molar refractivity (Wildman–Crippen MR) is 119 cm³/mol. The molecule has 2 aromatic carbocycles. The molecule has 0 aliphatic carbocycles. The Morgan fingerprint density at radius 1 is 1.14 bits per heavy atom. The van der Waals surface area contributed by atoms with Gasteiger partial charge in [0.25, 0.3) is 5.91 Å². The molecular formula is C22H26BrN3O3. The van der Waals surface area contributed by atoms with E-state index in [1.807, 2.05) is 37.3 Å². The van der Waals surface area contributed by atoms with Gasteiger partial charge in [0.15, 0.2) is 6.61 Å². The summed E-state index contributed by atoms with van der Waals surface area (Å²) in [5.41, 5.74) is 5.69. The minimum Gasteiger partial charge on any atom is -0.483 e. The monoisotopic (exact) mass is 459 g/mol. The molecule has 2 aromatic rings. The van der Waals surface area contributed by atoms with Crippen molar-refractivity contribution < 1.29 is 14.3 Å². The number of carbonyl (C=O) groups is 2. The summed E-state index contributed by atoms with van der Waals surface area (Å²) in [6.07, 6.45) is 0.0828. The molecule has 154 valence electrons. The van der Waals surface area contributed by atoms with Gasteiger partial charge in [-0.05, 0) is 55.2 Å². The van der Waals surface area contributed by atoms with Crippen LogP contribution in [-0.4, -0.2) is 24.1 Å². The van der Waals surface area contributed by atoms with Crippen molar-refractivity contribution in [2.24, 2.45) is 5.10 Å². The molecule has 7 heteroatoms. The fourth-order valence-electron chi connectivity index (χ4n) is 2.58. The second-order valence-corrected chi connectivity index (χ2v) is 7.91. The number of hydrogen-bond acceptors (Lipinski definition) is 4. The zero-order valence-corrected chi connectivity index (χ0v) is 18.7. The third-order valence-corrected chi connectivity index (χ3v) is 4.97. The van der Waals surface area contributed by atoms with E-state index in [1.54, 1.807) is 19.1 Å². The first-order valence-electron chi connectivity index (χ1n) is 9.36. The molecule has 0 spiro atoms. The lowest BCUT2D eigenvalue weighted by Gasteiger charge is -2.15. The smallest absolute Gasteiger partial charge is 0.277 e. The van der Waals surface area contributed by atoms with Crippen LogP contribution in [0.3, 0.4) is 0 Å². The highest BCUT2D eigenvalue weighted by molar-refractivity contribution is 9.10. The van der Waals surface area contributed by atoms with Gasteiger partial charge in [0.1, 0.15) is 5.75 Å². The van der Waals surface area contributed by atoms with Crippen molar-refractivity contribution in [1.82, 2.24) is 5.43 Å². The summed E-state index contributed by atoms with van der Waals surface area (Å²) < 4.78 is 6.71. The van der Waals surface area contributed by atoms with Crippen LogP contribution in [0.15, 0.2) is 52.0 Å². The average Bonchev–Trinajstić information content (AvgIpc) is 2.67. The van der Waals surface area contributed by atoms with Crippen LogP contribution in [0.25, 0.3) is 0 Å². The number of aryl methyl sites for hydroxylation is 1. The molecule has 2 amide bonds. The van der Waals surface area contributed by atoms with Gasteiger partial charge in [-0.1, -0.05) is 48.0 Å². The van der Waals surface area contributed by atoms with Crippen molar-refractivity contribution >= 4 is 39.1 Å². The number of halogens is 1. The molecule has 6 nitrogen and oxygen atoms in total. The molecule has 0 aromatic heterocycles. The van der Waals surface area contributed by atoms with E-state index < -0.39 is 0 Å². The molecule has 2 N–H and O–H groups in total. The maximum atomic E-state index is 12.1. The Bertz CT molecular complexity index is 896. The molecule has 0 aliphatic heterocycles. The van der Waals surface area contributed by atoms with Crippen LogP contribution in [0.5, 0.6) is 5.75 Å². The van der Waals surface area contributed by atoms with Crippen LogP contribution < -0.4 is 15.5 Å². The summed E-state index contributed by atoms with van der Waals surface area (Å²) in [6.45, 7) is 7.63. The molecule has 0 saturated carbocycles. The first-order chi connectivity index (χ1) is 13.8. The van der Waals surface area contributed by atoms with Crippen LogP contribution in [-0.2, 0) is 9.59 Å². The molecule has 0 heterocycles. The van der Waals surface area contributed by atoms with Crippen molar-refractivity contribution in [3.05, 3.63) is 58.1 Å². The topological polar surface area (TPSA) is 79.8 Å². The van der Waals surface area contributed by atoms with Gasteiger partial charge in [-0.25, -0.2) is 5.43 Å². The number of hydrazone groups is 1. The number of ether oxygens (including phenoxy) is 1. The number of amides is 2. The quantitative estimate of drug-likeness (QED) is 0.440. The third-order valence-electron chi connectivity index (χ3n) is 4.12. The van der Waals surface area contributed by atoms with Gasteiger partial charge in [0.2, 0.25) is 5.91 Å². The fraction of sp³-hybridized carbons (Fsp3) is 0.318. The van der Waals surface area contributed by atoms with Gasteiger partial charge in [-0.3, -0.25) is 9.59 Å². The Morgan fingerprint density at radius 2 is 1.83 bits per heavy atom. The van der Waals surface area contributed by atoms with Gasteiger partial charge in [0.05, 0.1) is 6.42 Å². The molecular weight excluding hydrogens is 434 g/mol. The standard InChI is InChI=1S/C22H26BrN3O3/c1-14(2)18-12-19(23)15(3)10-20(18)29-13-22(28)26-25-16(4)11-21(27)24-17-8-6-5-7-9-17/h5-10,12,14H,11,13H2,1-4H3,(H,24,27)(H,26,28)/b25-16-. The molecule has 0 saturated heterocycles. The van der Waals surface area contributed by atoms with Crippen LogP contribution in [0.1, 0.15) is 44.2 Å². The molecule has 0 atom stereocenters. The number of benzene rings is 2. The number of nitrogens with zero attached hydrogens (tertiary/aromatic N) is 1. The lowest BCUT2D eigenvalue weighted by molar-refractivity contribution is -0.123. The van der Waals surface area contributed by atoms with Gasteiger partial charge in [0, 0.05) is 15.9 Å². The second-order valence-electron chi connectivity index (χ2n) is 7.06. The summed E-state index contributed by atoms with van der Waals surface area (Å²) in [5.74, 6) is 0.352. The lowest BCUT2D eigenvalue weighted by atomic mass is 10.0. The van der Waals surface area contributed by atoms with E-state index in [-0.39, 0.29) is 30.8 Å². The molecule has 2 rings (SSSR count). The second kappa shape index (κ2) is 10.8. The Morgan fingerprint density at radius 3 is 2.48 bits per heavy atom. The number of nitrogens with one attached hydrogen (secondary N) is 2. The van der Waals surface area contributed by atoms with Gasteiger partial charge < -0.3 is 10.1 Å². The average molecular weight is 460 g/mol. The normalized spacial score (nSPS) is 11.3. The van der Waals surface area contributed by atoms with Crippen molar-refractivity contribution in [3.63, 3.8) is 0 Å². The highest BCUT2D eigenvalue weighted by Crippen LogP contribution is 2.32. The SMILES string of the molecule is C/C(CC(=O)Nc1ccccc1)=N/NC(=O)COc1cc(C)c(Br)cc1C(C)C. The lowest BCUT2D eigenvalue weighted by Crippen LogP contribution is -2.26. The zero-order valence-electron chi connectivity index (χ0n) is 17.1. The van der Waals surface area contributed by atoms with Crippen molar-refractivity contribution in [1.29, 1.82) is 0 Å². The summed E-state index contributed by atoms with van der Waals surface area (Å²) in [4.78, 5) is 24.1. The maximum Gasteiger partial charge on any atom is 0.277 e. The maximum absolute atomic E-state index is 12.1. The summed E-state index contributed by atoms with van der Waals surface area (Å²) in [7, 11) is 0. The number of carbonyl (C=O) groups excluding carboxylic acids is 2. The first-order valence-corrected chi connectivity index (χ1v) is 10.1. The zero-order chi connectivity index (χ0) is 21.4. The largest absolute Gasteiger partial charge is 0.483 e. The number of rotatable bonds is 8. The van der Waals surface area contributed by atoms with Gasteiger partial charge in [-0.2, -0.15) is 5.10 Å². The molecule has 0 bridgehead atoms. The molecule has 0 radical (unpaired) electrons. The first kappa shape index (κ1) is 22.6. The highest BCUT2D eigenvalue weighted by atomic mass is 79.9. The van der Waals surface area contributed by atoms with Crippen molar-refractivity contribution in [3.8, 4) is 5.75 Å². The summed E-state index contributed by atoms with van der Waals surface area (Å²) in [5, 5.41) is 6.75. The predicted octanol–water partition coefficient (Wildman–Crippen LogP) is 4.78. The Hall–Kier alpha value is -2.67. The van der Waals surface area contributed by atoms with Crippen molar-refractivity contribution in [2.45, 2.75) is 40.0 Å². The summed E-state index contributed by atoms with van der Waals surface area (Å²) in [6, 6.07) is 13.1.